The number of hydrogen-bond acceptors (Lipinski definition) is 2. The zero-order valence-corrected chi connectivity index (χ0v) is 10.4. The Labute approximate surface area is 97.5 Å². The van der Waals surface area contributed by atoms with Crippen LogP contribution in [0.5, 0.6) is 0 Å². The van der Waals surface area contributed by atoms with Crippen molar-refractivity contribution < 1.29 is 0 Å². The highest BCUT2D eigenvalue weighted by atomic mass is 14.7. The molecular formula is C14H18N2. The fourth-order valence-corrected chi connectivity index (χ4v) is 1.25. The summed E-state index contributed by atoms with van der Waals surface area (Å²) in [4.78, 5) is 8.52. The third-order valence-electron chi connectivity index (χ3n) is 2.33. The molecular weight excluding hydrogens is 196 g/mol. The monoisotopic (exact) mass is 214 g/mol. The minimum absolute atomic E-state index is 1.02. The van der Waals surface area contributed by atoms with Crippen LogP contribution in [0.2, 0.25) is 0 Å². The summed E-state index contributed by atoms with van der Waals surface area (Å²) in [5.41, 5.74) is 4.24. The van der Waals surface area contributed by atoms with E-state index in [2.05, 4.69) is 23.0 Å². The smallest absolute Gasteiger partial charge is 0.0661 e. The first-order chi connectivity index (χ1) is 7.63. The molecule has 0 aliphatic rings. The molecule has 0 aromatic carbocycles. The molecule has 0 fully saturated rings. The van der Waals surface area contributed by atoms with E-state index in [9.17, 15) is 0 Å². The molecule has 0 unspecified atom stereocenters. The number of nitrogens with zero attached hydrogens (tertiary/aromatic N) is 2. The molecule has 0 saturated heterocycles. The Morgan fingerprint density at radius 2 is 2.06 bits per heavy atom. The Hall–Kier alpha value is -1.70. The minimum Gasteiger partial charge on any atom is -0.293 e. The molecule has 1 rings (SSSR count). The number of rotatable bonds is 3. The molecule has 0 saturated carbocycles. The molecule has 2 heteroatoms. The number of aromatic nitrogens is 1. The van der Waals surface area contributed by atoms with Gasteiger partial charge in [0.05, 0.1) is 5.69 Å². The Morgan fingerprint density at radius 3 is 2.69 bits per heavy atom. The summed E-state index contributed by atoms with van der Waals surface area (Å²) in [6.07, 6.45) is 6.04. The summed E-state index contributed by atoms with van der Waals surface area (Å²) in [7, 11) is 1.79. The second-order valence-electron chi connectivity index (χ2n) is 3.74. The van der Waals surface area contributed by atoms with E-state index in [1.54, 1.807) is 7.05 Å². The number of allylic oxidation sites excluding steroid dienone is 4. The molecule has 0 radical (unpaired) electrons. The first kappa shape index (κ1) is 12.4. The third kappa shape index (κ3) is 3.81. The molecule has 1 aromatic rings. The highest BCUT2D eigenvalue weighted by Crippen LogP contribution is 2.11. The van der Waals surface area contributed by atoms with Crippen LogP contribution in [0.3, 0.4) is 0 Å². The standard InChI is InChI=1S/C14H18N2/c1-11(7-5-8-12(2)15-4)14-10-6-9-13(3)16-14/h5-10H,1-4H3/b8-5-,11-7+,15-12?. The predicted molar refractivity (Wildman–Crippen MR) is 70.8 cm³/mol. The van der Waals surface area contributed by atoms with Crippen LogP contribution in [0, 0.1) is 6.92 Å². The highest BCUT2D eigenvalue weighted by Gasteiger charge is 1.95. The number of aliphatic imine (C=N–C) groups is 1. The molecule has 84 valence electrons. The predicted octanol–water partition coefficient (Wildman–Crippen LogP) is 3.44. The van der Waals surface area contributed by atoms with E-state index >= 15 is 0 Å². The van der Waals surface area contributed by atoms with Crippen molar-refractivity contribution in [2.24, 2.45) is 4.99 Å². The van der Waals surface area contributed by atoms with Crippen molar-refractivity contribution >= 4 is 11.3 Å². The molecule has 16 heavy (non-hydrogen) atoms. The lowest BCUT2D eigenvalue weighted by molar-refractivity contribution is 1.17. The Balaban J connectivity index is 2.82. The maximum Gasteiger partial charge on any atom is 0.0661 e. The van der Waals surface area contributed by atoms with Gasteiger partial charge in [0.1, 0.15) is 0 Å². The summed E-state index contributed by atoms with van der Waals surface area (Å²) in [5.74, 6) is 0. The van der Waals surface area contributed by atoms with Crippen LogP contribution in [-0.2, 0) is 0 Å². The first-order valence-electron chi connectivity index (χ1n) is 5.36. The molecule has 1 heterocycles. The fraction of sp³-hybridized carbons (Fsp3) is 0.286. The average Bonchev–Trinajstić information content (AvgIpc) is 2.28. The summed E-state index contributed by atoms with van der Waals surface area (Å²) in [6.45, 7) is 6.04. The SMILES string of the molecule is CN=C(C)/C=C\C=C(/C)c1cccc(C)n1. The molecule has 1 aromatic heterocycles. The third-order valence-corrected chi connectivity index (χ3v) is 2.33. The zero-order valence-electron chi connectivity index (χ0n) is 10.4. The number of aryl methyl sites for hydroxylation is 1. The van der Waals surface area contributed by atoms with Crippen molar-refractivity contribution in [2.75, 3.05) is 7.05 Å². The summed E-state index contributed by atoms with van der Waals surface area (Å²) in [5, 5.41) is 0. The molecule has 0 atom stereocenters. The Bertz CT molecular complexity index is 440. The average molecular weight is 214 g/mol. The van der Waals surface area contributed by atoms with Gasteiger partial charge < -0.3 is 0 Å². The van der Waals surface area contributed by atoms with Crippen molar-refractivity contribution in [1.82, 2.24) is 4.98 Å². The van der Waals surface area contributed by atoms with Crippen LogP contribution in [0.25, 0.3) is 5.57 Å². The van der Waals surface area contributed by atoms with Gasteiger partial charge in [-0.05, 0) is 44.6 Å². The largest absolute Gasteiger partial charge is 0.293 e. The molecule has 0 spiro atoms. The normalized spacial score (nSPS) is 13.5. The molecule has 0 amide bonds. The van der Waals surface area contributed by atoms with Gasteiger partial charge in [-0.15, -0.1) is 0 Å². The van der Waals surface area contributed by atoms with Crippen molar-refractivity contribution in [3.63, 3.8) is 0 Å². The quantitative estimate of drug-likeness (QED) is 0.559. The van der Waals surface area contributed by atoms with Crippen LogP contribution in [0.15, 0.2) is 41.4 Å². The Morgan fingerprint density at radius 1 is 1.31 bits per heavy atom. The van der Waals surface area contributed by atoms with Gasteiger partial charge in [0.25, 0.3) is 0 Å². The molecule has 0 N–H and O–H groups in total. The molecule has 0 aliphatic carbocycles. The van der Waals surface area contributed by atoms with E-state index in [4.69, 9.17) is 0 Å². The van der Waals surface area contributed by atoms with E-state index in [1.807, 2.05) is 44.2 Å². The van der Waals surface area contributed by atoms with Crippen LogP contribution >= 0.6 is 0 Å². The van der Waals surface area contributed by atoms with E-state index in [1.165, 1.54) is 0 Å². The van der Waals surface area contributed by atoms with Crippen molar-refractivity contribution in [3.8, 4) is 0 Å². The topological polar surface area (TPSA) is 25.2 Å². The summed E-state index contributed by atoms with van der Waals surface area (Å²) < 4.78 is 0. The minimum atomic E-state index is 1.02. The van der Waals surface area contributed by atoms with Crippen LogP contribution < -0.4 is 0 Å². The lowest BCUT2D eigenvalue weighted by atomic mass is 10.1. The second-order valence-corrected chi connectivity index (χ2v) is 3.74. The summed E-state index contributed by atoms with van der Waals surface area (Å²) >= 11 is 0. The molecule has 0 aliphatic heterocycles. The molecule has 2 nitrogen and oxygen atoms in total. The zero-order chi connectivity index (χ0) is 12.0. The number of hydrogen-bond donors (Lipinski definition) is 0. The van der Waals surface area contributed by atoms with Gasteiger partial charge in [-0.25, -0.2) is 0 Å². The lowest BCUT2D eigenvalue weighted by Gasteiger charge is -2.00. The number of pyridine rings is 1. The van der Waals surface area contributed by atoms with Gasteiger partial charge in [-0.1, -0.05) is 18.2 Å². The Kier molecular flexibility index (Phi) is 4.65. The van der Waals surface area contributed by atoms with E-state index in [0.717, 1.165) is 22.7 Å². The van der Waals surface area contributed by atoms with Crippen LogP contribution in [0.1, 0.15) is 25.2 Å². The highest BCUT2D eigenvalue weighted by molar-refractivity contribution is 5.93. The van der Waals surface area contributed by atoms with Crippen molar-refractivity contribution in [3.05, 3.63) is 47.8 Å². The first-order valence-corrected chi connectivity index (χ1v) is 5.36. The van der Waals surface area contributed by atoms with Gasteiger partial charge in [0, 0.05) is 18.5 Å². The lowest BCUT2D eigenvalue weighted by Crippen LogP contribution is -1.88. The van der Waals surface area contributed by atoms with E-state index in [0.29, 0.717) is 0 Å². The van der Waals surface area contributed by atoms with Gasteiger partial charge in [-0.3, -0.25) is 9.98 Å². The molecule has 0 bridgehead atoms. The van der Waals surface area contributed by atoms with Gasteiger partial charge in [0.2, 0.25) is 0 Å². The second kappa shape index (κ2) is 6.01. The maximum absolute atomic E-state index is 4.46. The van der Waals surface area contributed by atoms with Crippen molar-refractivity contribution in [2.45, 2.75) is 20.8 Å². The summed E-state index contributed by atoms with van der Waals surface area (Å²) in [6, 6.07) is 6.05. The van der Waals surface area contributed by atoms with Crippen LogP contribution in [-0.4, -0.2) is 17.7 Å². The van der Waals surface area contributed by atoms with E-state index < -0.39 is 0 Å². The van der Waals surface area contributed by atoms with Gasteiger partial charge in [-0.2, -0.15) is 0 Å². The van der Waals surface area contributed by atoms with Gasteiger partial charge in [0.15, 0.2) is 0 Å². The maximum atomic E-state index is 4.46. The van der Waals surface area contributed by atoms with Crippen LogP contribution in [0.4, 0.5) is 0 Å². The fourth-order valence-electron chi connectivity index (χ4n) is 1.25. The van der Waals surface area contributed by atoms with Crippen molar-refractivity contribution in [1.29, 1.82) is 0 Å². The van der Waals surface area contributed by atoms with Gasteiger partial charge >= 0.3 is 0 Å². The van der Waals surface area contributed by atoms with E-state index in [-0.39, 0.29) is 0 Å².